The van der Waals surface area contributed by atoms with E-state index in [4.69, 9.17) is 16.3 Å². The van der Waals surface area contributed by atoms with E-state index in [1.807, 2.05) is 11.8 Å². The largest absolute Gasteiger partial charge is 0.465 e. The van der Waals surface area contributed by atoms with Crippen LogP contribution >= 0.6 is 22.9 Å². The monoisotopic (exact) mass is 499 g/mol. The second-order valence-electron chi connectivity index (χ2n) is 9.28. The van der Waals surface area contributed by atoms with E-state index in [0.29, 0.717) is 34.8 Å². The average molecular weight is 500 g/mol. The van der Waals surface area contributed by atoms with Crippen molar-refractivity contribution >= 4 is 57.3 Å². The van der Waals surface area contributed by atoms with Crippen molar-refractivity contribution in [1.82, 2.24) is 4.90 Å². The van der Waals surface area contributed by atoms with Gasteiger partial charge in [-0.25, -0.2) is 9.69 Å². The van der Waals surface area contributed by atoms with Crippen molar-refractivity contribution in [3.8, 4) is 0 Å². The van der Waals surface area contributed by atoms with Crippen LogP contribution in [-0.4, -0.2) is 48.3 Å². The summed E-state index contributed by atoms with van der Waals surface area (Å²) in [5.41, 5.74) is 0.845. The summed E-state index contributed by atoms with van der Waals surface area (Å²) in [5.74, 6) is -3.31. The third-order valence-corrected chi connectivity index (χ3v) is 9.34. The molecule has 4 atom stereocenters. The van der Waals surface area contributed by atoms with Gasteiger partial charge < -0.3 is 10.1 Å². The lowest BCUT2D eigenvalue weighted by atomic mass is 9.75. The highest BCUT2D eigenvalue weighted by Crippen LogP contribution is 2.61. The molecule has 1 aromatic carbocycles. The molecule has 4 aliphatic rings. The van der Waals surface area contributed by atoms with E-state index in [1.54, 1.807) is 25.1 Å². The van der Waals surface area contributed by atoms with Gasteiger partial charge in [0.05, 0.1) is 24.5 Å². The molecule has 176 valence electrons. The number of anilines is 2. The molecule has 2 aromatic rings. The summed E-state index contributed by atoms with van der Waals surface area (Å²) in [5, 5.41) is 3.66. The van der Waals surface area contributed by atoms with Crippen LogP contribution in [0.15, 0.2) is 18.2 Å². The molecule has 5 heterocycles. The van der Waals surface area contributed by atoms with Crippen molar-refractivity contribution < 1.29 is 23.9 Å². The number of benzene rings is 1. The van der Waals surface area contributed by atoms with Gasteiger partial charge in [0.1, 0.15) is 10.5 Å². The topological polar surface area (TPSA) is 96.0 Å². The summed E-state index contributed by atoms with van der Waals surface area (Å²) in [7, 11) is 1.27. The first-order valence-corrected chi connectivity index (χ1v) is 12.4. The standard InChI is InChI=1S/C24H22ClN3O5S/c1-10-11(2)34-21(16(10)22(31)33-3)28-19(29)17-15-5-4-8-27(15)24(18(17)20(28)30)13-9-12(25)6-7-14(13)26-23(24)32/h6-7,9,15,17-18H,4-5,8H2,1-3H3,(H,26,32)/t15-,17+,18-,24+/m0/s1. The zero-order valence-electron chi connectivity index (χ0n) is 18.8. The molecular formula is C24H22ClN3O5S. The number of fused-ring (bicyclic) bond motifs is 7. The van der Waals surface area contributed by atoms with Gasteiger partial charge in [0.25, 0.3) is 0 Å². The summed E-state index contributed by atoms with van der Waals surface area (Å²) in [6, 6.07) is 4.92. The Bertz CT molecular complexity index is 1320. The third kappa shape index (κ3) is 2.42. The molecule has 0 bridgehead atoms. The number of thiophene rings is 1. The number of hydrogen-bond donors (Lipinski definition) is 1. The molecule has 0 radical (unpaired) electrons. The molecule has 3 saturated heterocycles. The van der Waals surface area contributed by atoms with Crippen LogP contribution in [0.2, 0.25) is 5.02 Å². The molecule has 34 heavy (non-hydrogen) atoms. The Balaban J connectivity index is 1.56. The lowest BCUT2D eigenvalue weighted by molar-refractivity contribution is -0.135. The van der Waals surface area contributed by atoms with Crippen molar-refractivity contribution in [2.45, 2.75) is 38.3 Å². The number of halogens is 1. The molecule has 4 aliphatic heterocycles. The number of amides is 3. The molecule has 6 rings (SSSR count). The Hall–Kier alpha value is -2.75. The van der Waals surface area contributed by atoms with Crippen LogP contribution in [0.1, 0.15) is 39.2 Å². The maximum atomic E-state index is 14.1. The molecule has 3 amide bonds. The van der Waals surface area contributed by atoms with Crippen LogP contribution in [-0.2, 0) is 24.7 Å². The lowest BCUT2D eigenvalue weighted by Gasteiger charge is -2.36. The highest BCUT2D eigenvalue weighted by molar-refractivity contribution is 7.17. The minimum absolute atomic E-state index is 0.225. The van der Waals surface area contributed by atoms with Gasteiger partial charge in [0, 0.05) is 27.2 Å². The Labute approximate surface area is 204 Å². The summed E-state index contributed by atoms with van der Waals surface area (Å²) >= 11 is 7.55. The number of nitrogens with zero attached hydrogens (tertiary/aromatic N) is 2. The Morgan fingerprint density at radius 3 is 2.74 bits per heavy atom. The predicted molar refractivity (Wildman–Crippen MR) is 126 cm³/mol. The lowest BCUT2D eigenvalue weighted by Crippen LogP contribution is -2.54. The van der Waals surface area contributed by atoms with Crippen molar-refractivity contribution in [3.63, 3.8) is 0 Å². The van der Waals surface area contributed by atoms with E-state index in [1.165, 1.54) is 18.4 Å². The molecular weight excluding hydrogens is 478 g/mol. The fraction of sp³-hybridized carbons (Fsp3) is 0.417. The van der Waals surface area contributed by atoms with E-state index < -0.39 is 29.3 Å². The minimum Gasteiger partial charge on any atom is -0.465 e. The second kappa shape index (κ2) is 7.13. The first-order valence-electron chi connectivity index (χ1n) is 11.2. The first-order chi connectivity index (χ1) is 16.2. The van der Waals surface area contributed by atoms with Gasteiger partial charge in [0.2, 0.25) is 17.7 Å². The summed E-state index contributed by atoms with van der Waals surface area (Å²) < 4.78 is 4.97. The number of nitrogens with one attached hydrogen (secondary N) is 1. The number of rotatable bonds is 2. The quantitative estimate of drug-likeness (QED) is 0.503. The van der Waals surface area contributed by atoms with E-state index >= 15 is 0 Å². The number of carbonyl (C=O) groups excluding carboxylic acids is 4. The molecule has 10 heteroatoms. The van der Waals surface area contributed by atoms with Gasteiger partial charge in [-0.2, -0.15) is 0 Å². The normalized spacial score (nSPS) is 29.6. The first kappa shape index (κ1) is 21.8. The SMILES string of the molecule is COC(=O)c1c(N2C(=O)[C@H]3[C@@H](C2=O)[C@]2(C(=O)Nc4ccc(Cl)cc42)N2CCC[C@@H]32)sc(C)c1C. The number of esters is 1. The van der Waals surface area contributed by atoms with E-state index in [0.717, 1.165) is 16.2 Å². The molecule has 1 aromatic heterocycles. The molecule has 8 nitrogen and oxygen atoms in total. The van der Waals surface area contributed by atoms with Gasteiger partial charge >= 0.3 is 5.97 Å². The maximum Gasteiger partial charge on any atom is 0.341 e. The van der Waals surface area contributed by atoms with Crippen LogP contribution in [0.3, 0.4) is 0 Å². The molecule has 0 saturated carbocycles. The van der Waals surface area contributed by atoms with Crippen LogP contribution < -0.4 is 10.2 Å². The molecule has 0 aliphatic carbocycles. The number of hydrogen-bond acceptors (Lipinski definition) is 7. The van der Waals surface area contributed by atoms with E-state index in [2.05, 4.69) is 5.32 Å². The highest BCUT2D eigenvalue weighted by atomic mass is 35.5. The van der Waals surface area contributed by atoms with Crippen LogP contribution in [0.5, 0.6) is 0 Å². The summed E-state index contributed by atoms with van der Waals surface area (Å²) in [4.78, 5) is 58.4. The fourth-order valence-electron chi connectivity index (χ4n) is 6.48. The number of aryl methyl sites for hydroxylation is 1. The van der Waals surface area contributed by atoms with Crippen LogP contribution in [0.4, 0.5) is 10.7 Å². The highest BCUT2D eigenvalue weighted by Gasteiger charge is 2.75. The fourth-order valence-corrected chi connectivity index (χ4v) is 7.81. The Morgan fingerprint density at radius 1 is 1.24 bits per heavy atom. The Kier molecular flexibility index (Phi) is 4.56. The third-order valence-electron chi connectivity index (χ3n) is 7.91. The summed E-state index contributed by atoms with van der Waals surface area (Å²) in [6.07, 6.45) is 1.54. The molecule has 1 spiro atoms. The molecule has 1 N–H and O–H groups in total. The molecule has 3 fully saturated rings. The zero-order chi connectivity index (χ0) is 24.1. The zero-order valence-corrected chi connectivity index (χ0v) is 20.4. The van der Waals surface area contributed by atoms with Crippen molar-refractivity contribution in [1.29, 1.82) is 0 Å². The summed E-state index contributed by atoms with van der Waals surface area (Å²) in [6.45, 7) is 4.23. The second-order valence-corrected chi connectivity index (χ2v) is 10.9. The van der Waals surface area contributed by atoms with Crippen molar-refractivity contribution in [3.05, 3.63) is 44.8 Å². The number of imide groups is 1. The maximum absolute atomic E-state index is 14.1. The van der Waals surface area contributed by atoms with E-state index in [9.17, 15) is 19.2 Å². The van der Waals surface area contributed by atoms with Gasteiger partial charge in [-0.1, -0.05) is 11.6 Å². The van der Waals surface area contributed by atoms with Crippen LogP contribution in [0.25, 0.3) is 0 Å². The van der Waals surface area contributed by atoms with E-state index in [-0.39, 0.29) is 28.4 Å². The number of methoxy groups -OCH3 is 1. The van der Waals surface area contributed by atoms with Gasteiger partial charge in [-0.05, 0) is 57.0 Å². The van der Waals surface area contributed by atoms with Crippen molar-refractivity contribution in [2.75, 3.05) is 23.9 Å². The molecule has 0 unspecified atom stereocenters. The number of carbonyl (C=O) groups is 4. The number of ether oxygens (including phenoxy) is 1. The minimum atomic E-state index is -1.31. The Morgan fingerprint density at radius 2 is 2.00 bits per heavy atom. The van der Waals surface area contributed by atoms with Gasteiger partial charge in [-0.3, -0.25) is 19.3 Å². The van der Waals surface area contributed by atoms with Crippen molar-refractivity contribution in [2.24, 2.45) is 11.8 Å². The van der Waals surface area contributed by atoms with Crippen LogP contribution in [0, 0.1) is 25.7 Å². The smallest absolute Gasteiger partial charge is 0.341 e. The van der Waals surface area contributed by atoms with Gasteiger partial charge in [0.15, 0.2) is 0 Å². The van der Waals surface area contributed by atoms with Gasteiger partial charge in [-0.15, -0.1) is 11.3 Å². The predicted octanol–water partition coefficient (Wildman–Crippen LogP) is 3.24. The average Bonchev–Trinajstić information content (AvgIpc) is 3.56.